The highest BCUT2D eigenvalue weighted by atomic mass is 16.6. The van der Waals surface area contributed by atoms with Crippen molar-refractivity contribution in [2.75, 3.05) is 33.4 Å². The van der Waals surface area contributed by atoms with E-state index in [2.05, 4.69) is 65.6 Å². The van der Waals surface area contributed by atoms with E-state index in [1.165, 1.54) is 32.2 Å². The van der Waals surface area contributed by atoms with Gasteiger partial charge in [0, 0.05) is 26.2 Å². The van der Waals surface area contributed by atoms with Crippen LogP contribution < -0.4 is 26.8 Å². The highest BCUT2D eigenvalue weighted by Crippen LogP contribution is 2.39. The summed E-state index contributed by atoms with van der Waals surface area (Å²) >= 11 is 0. The van der Waals surface area contributed by atoms with Crippen LogP contribution in [0.3, 0.4) is 0 Å². The van der Waals surface area contributed by atoms with Crippen molar-refractivity contribution in [3.8, 4) is 0 Å². The van der Waals surface area contributed by atoms with Crippen LogP contribution >= 0.6 is 0 Å². The van der Waals surface area contributed by atoms with Gasteiger partial charge in [-0.3, -0.25) is 10.2 Å². The number of likely N-dealkylation sites (N-methyl/N-ethyl adjacent to an activating group) is 1. The number of nitrogens with one attached hydrogen (secondary N) is 4. The van der Waals surface area contributed by atoms with Crippen LogP contribution in [-0.4, -0.2) is 62.9 Å². The highest BCUT2D eigenvalue weighted by molar-refractivity contribution is 5.13. The van der Waals surface area contributed by atoms with Crippen LogP contribution in [0.15, 0.2) is 11.6 Å². The van der Waals surface area contributed by atoms with Crippen molar-refractivity contribution in [1.29, 1.82) is 0 Å². The monoisotopic (exact) mass is 421 g/mol. The third-order valence-electron chi connectivity index (χ3n) is 7.95. The molecule has 0 aromatic carbocycles. The van der Waals surface area contributed by atoms with Crippen molar-refractivity contribution < 1.29 is 10.1 Å². The lowest BCUT2D eigenvalue weighted by Gasteiger charge is -2.38. The van der Waals surface area contributed by atoms with Gasteiger partial charge in [-0.05, 0) is 63.3 Å². The second-order valence-corrected chi connectivity index (χ2v) is 10.5. The summed E-state index contributed by atoms with van der Waals surface area (Å²) in [6, 6.07) is 0.390. The van der Waals surface area contributed by atoms with E-state index in [0.717, 1.165) is 32.1 Å². The summed E-state index contributed by atoms with van der Waals surface area (Å²) in [4.78, 5) is 2.32. The molecule has 172 valence electrons. The Labute approximate surface area is 183 Å². The maximum absolute atomic E-state index is 6.37. The average molecular weight is 422 g/mol. The highest BCUT2D eigenvalue weighted by Gasteiger charge is 2.38. The Morgan fingerprint density at radius 3 is 2.87 bits per heavy atom. The second-order valence-electron chi connectivity index (χ2n) is 10.5. The number of piperidine rings is 1. The zero-order valence-corrected chi connectivity index (χ0v) is 19.5. The predicted octanol–water partition coefficient (Wildman–Crippen LogP) is 0.532. The molecule has 0 radical (unpaired) electrons. The smallest absolute Gasteiger partial charge is 0.139 e. The Bertz CT molecular complexity index is 578. The topological polar surface area (TPSA) is 77.2 Å². The summed E-state index contributed by atoms with van der Waals surface area (Å²) in [5, 5.41) is 9.79. The van der Waals surface area contributed by atoms with E-state index in [-0.39, 0.29) is 12.5 Å². The number of quaternary nitrogens is 1. The number of hydrogen-bond acceptors (Lipinski definition) is 6. The molecule has 0 amide bonds. The maximum atomic E-state index is 6.37. The van der Waals surface area contributed by atoms with Gasteiger partial charge in [0.1, 0.15) is 18.6 Å². The fourth-order valence-corrected chi connectivity index (χ4v) is 5.94. The Morgan fingerprint density at radius 1 is 1.30 bits per heavy atom. The summed E-state index contributed by atoms with van der Waals surface area (Å²) in [7, 11) is 2.16. The molecule has 4 rings (SSSR count). The molecular weight excluding hydrogens is 376 g/mol. The molecule has 3 saturated heterocycles. The fourth-order valence-electron chi connectivity index (χ4n) is 5.94. The van der Waals surface area contributed by atoms with Gasteiger partial charge in [0.25, 0.3) is 0 Å². The first-order valence-corrected chi connectivity index (χ1v) is 12.3. The summed E-state index contributed by atoms with van der Waals surface area (Å²) < 4.78 is 6.37. The fraction of sp³-hybridized carbons (Fsp3) is 0.913. The number of nitrogens with zero attached hydrogens (tertiary/aromatic N) is 1. The molecule has 4 aliphatic rings. The number of hydrazine groups is 1. The zero-order valence-electron chi connectivity index (χ0n) is 19.5. The van der Waals surface area contributed by atoms with Crippen molar-refractivity contribution >= 4 is 0 Å². The van der Waals surface area contributed by atoms with E-state index < -0.39 is 0 Å². The molecule has 3 fully saturated rings. The van der Waals surface area contributed by atoms with Crippen molar-refractivity contribution in [3.63, 3.8) is 0 Å². The van der Waals surface area contributed by atoms with E-state index in [9.17, 15) is 0 Å². The predicted molar refractivity (Wildman–Crippen MR) is 120 cm³/mol. The molecule has 30 heavy (non-hydrogen) atoms. The van der Waals surface area contributed by atoms with Gasteiger partial charge in [0.15, 0.2) is 0 Å². The van der Waals surface area contributed by atoms with E-state index in [0.29, 0.717) is 30.0 Å². The van der Waals surface area contributed by atoms with Crippen molar-refractivity contribution in [1.82, 2.24) is 26.4 Å². The minimum absolute atomic E-state index is 0.0625. The number of rotatable bonds is 7. The minimum Gasteiger partial charge on any atom is -0.341 e. The number of hydrogen-bond donors (Lipinski definition) is 5. The van der Waals surface area contributed by atoms with Crippen molar-refractivity contribution in [3.05, 3.63) is 11.6 Å². The molecule has 3 heterocycles. The van der Waals surface area contributed by atoms with E-state index >= 15 is 0 Å². The zero-order chi connectivity index (χ0) is 21.1. The lowest BCUT2D eigenvalue weighted by molar-refractivity contribution is -0.702. The van der Waals surface area contributed by atoms with Crippen LogP contribution in [0.1, 0.15) is 52.9 Å². The van der Waals surface area contributed by atoms with Crippen LogP contribution in [-0.2, 0) is 4.74 Å². The molecule has 0 bridgehead atoms. The van der Waals surface area contributed by atoms with E-state index in [1.807, 2.05) is 0 Å². The molecule has 0 spiro atoms. The molecule has 3 aliphatic heterocycles. The van der Waals surface area contributed by atoms with Crippen molar-refractivity contribution in [2.24, 2.45) is 23.7 Å². The molecule has 7 heteroatoms. The van der Waals surface area contributed by atoms with E-state index in [1.54, 1.807) is 5.57 Å². The van der Waals surface area contributed by atoms with Gasteiger partial charge in [0.2, 0.25) is 0 Å². The lowest BCUT2D eigenvalue weighted by Crippen LogP contribution is -2.94. The Morgan fingerprint density at radius 2 is 2.17 bits per heavy atom. The second kappa shape index (κ2) is 10.4. The number of allylic oxidation sites excluding steroid dienone is 1. The quantitative estimate of drug-likeness (QED) is 0.386. The molecular formula is C23H45N6O+. The van der Waals surface area contributed by atoms with Crippen LogP contribution in [0.25, 0.3) is 0 Å². The SMILES string of the molecule is CC1=CC(CNC2CCCC[NH2+]2)C(C(C)C)CC1CC1NNC(C2CNCN2C)O1. The van der Waals surface area contributed by atoms with Gasteiger partial charge < -0.3 is 15.4 Å². The summed E-state index contributed by atoms with van der Waals surface area (Å²) in [6.07, 6.45) is 9.76. The van der Waals surface area contributed by atoms with Crippen molar-refractivity contribution in [2.45, 2.75) is 77.5 Å². The number of nitrogens with two attached hydrogens (primary N) is 1. The Hall–Kier alpha value is -0.540. The first kappa shape index (κ1) is 22.6. The average Bonchev–Trinajstić information content (AvgIpc) is 3.37. The normalized spacial score (nSPS) is 40.8. The Kier molecular flexibility index (Phi) is 7.84. The molecule has 0 saturated carbocycles. The molecule has 0 aromatic rings. The van der Waals surface area contributed by atoms with Gasteiger partial charge in [-0.1, -0.05) is 25.5 Å². The lowest BCUT2D eigenvalue weighted by atomic mass is 9.69. The van der Waals surface area contributed by atoms with Gasteiger partial charge in [-0.2, -0.15) is 0 Å². The molecule has 1 aliphatic carbocycles. The first-order valence-electron chi connectivity index (χ1n) is 12.3. The molecule has 6 N–H and O–H groups in total. The van der Waals surface area contributed by atoms with Gasteiger partial charge >= 0.3 is 0 Å². The summed E-state index contributed by atoms with van der Waals surface area (Å²) in [6.45, 7) is 11.5. The largest absolute Gasteiger partial charge is 0.341 e. The van der Waals surface area contributed by atoms with E-state index in [4.69, 9.17) is 4.74 Å². The van der Waals surface area contributed by atoms with Gasteiger partial charge in [0.05, 0.1) is 12.6 Å². The third-order valence-corrected chi connectivity index (χ3v) is 7.95. The first-order chi connectivity index (χ1) is 14.5. The summed E-state index contributed by atoms with van der Waals surface area (Å²) in [5.41, 5.74) is 8.38. The summed E-state index contributed by atoms with van der Waals surface area (Å²) in [5.74, 6) is 2.70. The Balaban J connectivity index is 1.32. The van der Waals surface area contributed by atoms with Crippen LogP contribution in [0.2, 0.25) is 0 Å². The third kappa shape index (κ3) is 5.44. The van der Waals surface area contributed by atoms with Gasteiger partial charge in [-0.15, -0.1) is 0 Å². The maximum Gasteiger partial charge on any atom is 0.139 e. The van der Waals surface area contributed by atoms with Crippen LogP contribution in [0, 0.1) is 23.7 Å². The molecule has 7 atom stereocenters. The number of ether oxygens (including phenoxy) is 1. The molecule has 7 nitrogen and oxygen atoms in total. The van der Waals surface area contributed by atoms with Gasteiger partial charge in [-0.25, -0.2) is 10.9 Å². The molecule has 7 unspecified atom stereocenters. The molecule has 0 aromatic heterocycles. The van der Waals surface area contributed by atoms with Crippen LogP contribution in [0.4, 0.5) is 0 Å². The standard InChI is InChI=1S/C23H44N6O/c1-15(2)19-10-17(11-22-27-28-23(30-22)20-13-24-14-29(20)4)16(3)9-18(19)12-26-21-7-5-6-8-25-21/h9,15,17-28H,5-8,10-14H2,1-4H3/p+1. The van der Waals surface area contributed by atoms with Crippen LogP contribution in [0.5, 0.6) is 0 Å². The minimum atomic E-state index is 0.0625.